The molecule has 4 nitrogen and oxygen atoms in total. The van der Waals surface area contributed by atoms with Crippen molar-refractivity contribution in [2.45, 2.75) is 12.5 Å². The summed E-state index contributed by atoms with van der Waals surface area (Å²) in [6.45, 7) is 0.202. The third kappa shape index (κ3) is 4.08. The van der Waals surface area contributed by atoms with Gasteiger partial charge in [0.15, 0.2) is 0 Å². The summed E-state index contributed by atoms with van der Waals surface area (Å²) in [7, 11) is 0. The van der Waals surface area contributed by atoms with Crippen molar-refractivity contribution >= 4 is 17.2 Å². The van der Waals surface area contributed by atoms with Gasteiger partial charge in [-0.3, -0.25) is 4.79 Å². The minimum absolute atomic E-state index is 0.153. The number of amides is 1. The summed E-state index contributed by atoms with van der Waals surface area (Å²) < 4.78 is 0. The molecule has 0 radical (unpaired) electrons. The number of carbonyl (C=O) groups excluding carboxylic acids is 1. The minimum atomic E-state index is -0.671. The lowest BCUT2D eigenvalue weighted by Crippen LogP contribution is -2.29. The third-order valence-corrected chi connectivity index (χ3v) is 3.42. The summed E-state index contributed by atoms with van der Waals surface area (Å²) in [4.78, 5) is 11.7. The highest BCUT2D eigenvalue weighted by molar-refractivity contribution is 7.07. The Morgan fingerprint density at radius 3 is 2.63 bits per heavy atom. The van der Waals surface area contributed by atoms with Crippen molar-refractivity contribution in [1.29, 1.82) is 0 Å². The summed E-state index contributed by atoms with van der Waals surface area (Å²) in [6, 6.07) is 8.32. The Labute approximate surface area is 115 Å². The Morgan fingerprint density at radius 1 is 1.26 bits per heavy atom. The molecule has 0 fully saturated rings. The van der Waals surface area contributed by atoms with Crippen LogP contribution in [0.1, 0.15) is 17.2 Å². The molecule has 1 unspecified atom stereocenters. The fourth-order valence-electron chi connectivity index (χ4n) is 1.65. The lowest BCUT2D eigenvalue weighted by molar-refractivity contribution is -0.120. The number of thiophene rings is 1. The number of phenols is 1. The molecular weight excluding hydrogens is 262 g/mol. The number of aliphatic hydroxyl groups is 1. The van der Waals surface area contributed by atoms with Gasteiger partial charge in [0.25, 0.3) is 0 Å². The molecule has 1 amide bonds. The molecule has 0 saturated heterocycles. The van der Waals surface area contributed by atoms with E-state index in [1.165, 1.54) is 11.3 Å². The van der Waals surface area contributed by atoms with Crippen LogP contribution >= 0.6 is 11.3 Å². The predicted molar refractivity (Wildman–Crippen MR) is 74.1 cm³/mol. The first-order chi connectivity index (χ1) is 9.15. The average molecular weight is 277 g/mol. The normalized spacial score (nSPS) is 12.1. The number of benzene rings is 1. The number of rotatable bonds is 5. The summed E-state index contributed by atoms with van der Waals surface area (Å²) in [5.41, 5.74) is 1.63. The number of aromatic hydroxyl groups is 1. The van der Waals surface area contributed by atoms with E-state index in [0.717, 1.165) is 11.1 Å². The highest BCUT2D eigenvalue weighted by Crippen LogP contribution is 2.15. The number of nitrogens with one attached hydrogen (secondary N) is 1. The van der Waals surface area contributed by atoms with Crippen LogP contribution in [0, 0.1) is 0 Å². The van der Waals surface area contributed by atoms with Crippen molar-refractivity contribution in [3.63, 3.8) is 0 Å². The fourth-order valence-corrected chi connectivity index (χ4v) is 2.36. The maximum atomic E-state index is 11.7. The maximum Gasteiger partial charge on any atom is 0.224 e. The summed E-state index contributed by atoms with van der Waals surface area (Å²) in [5, 5.41) is 25.4. The van der Waals surface area contributed by atoms with E-state index in [0.29, 0.717) is 0 Å². The molecule has 0 aliphatic rings. The SMILES string of the molecule is O=C(Cc1ccc(O)cc1)NCC(O)c1ccsc1. The molecule has 1 aromatic heterocycles. The smallest absolute Gasteiger partial charge is 0.224 e. The second-order valence-electron chi connectivity index (χ2n) is 4.22. The average Bonchev–Trinajstić information content (AvgIpc) is 2.93. The van der Waals surface area contributed by atoms with Crippen molar-refractivity contribution in [2.75, 3.05) is 6.54 Å². The van der Waals surface area contributed by atoms with Gasteiger partial charge in [0, 0.05) is 6.54 Å². The molecule has 100 valence electrons. The van der Waals surface area contributed by atoms with Crippen molar-refractivity contribution < 1.29 is 15.0 Å². The van der Waals surface area contributed by atoms with Crippen LogP contribution < -0.4 is 5.32 Å². The molecule has 0 bridgehead atoms. The molecule has 0 aliphatic carbocycles. The first-order valence-corrected chi connectivity index (χ1v) is 6.84. The van der Waals surface area contributed by atoms with Crippen LogP contribution in [0.15, 0.2) is 41.1 Å². The first kappa shape index (κ1) is 13.6. The van der Waals surface area contributed by atoms with E-state index in [4.69, 9.17) is 5.11 Å². The Bertz CT molecular complexity index is 522. The van der Waals surface area contributed by atoms with Crippen LogP contribution in [0.4, 0.5) is 0 Å². The third-order valence-electron chi connectivity index (χ3n) is 2.72. The van der Waals surface area contributed by atoms with Crippen LogP contribution in [0.2, 0.25) is 0 Å². The minimum Gasteiger partial charge on any atom is -0.508 e. The van der Waals surface area contributed by atoms with E-state index in [-0.39, 0.29) is 24.6 Å². The monoisotopic (exact) mass is 277 g/mol. The van der Waals surface area contributed by atoms with Gasteiger partial charge in [-0.05, 0) is 40.1 Å². The Hall–Kier alpha value is -1.85. The second-order valence-corrected chi connectivity index (χ2v) is 5.00. The van der Waals surface area contributed by atoms with Crippen LogP contribution in [0.5, 0.6) is 5.75 Å². The van der Waals surface area contributed by atoms with Gasteiger partial charge in [0.05, 0.1) is 12.5 Å². The van der Waals surface area contributed by atoms with Gasteiger partial charge in [0.1, 0.15) is 5.75 Å². The Kier molecular flexibility index (Phi) is 4.54. The van der Waals surface area contributed by atoms with Crippen LogP contribution in [-0.2, 0) is 11.2 Å². The number of hydrogen-bond donors (Lipinski definition) is 3. The molecular formula is C14H15NO3S. The van der Waals surface area contributed by atoms with Gasteiger partial charge in [-0.15, -0.1) is 0 Å². The highest BCUT2D eigenvalue weighted by Gasteiger charge is 2.10. The molecule has 3 N–H and O–H groups in total. The van der Waals surface area contributed by atoms with E-state index in [1.54, 1.807) is 24.3 Å². The molecule has 0 spiro atoms. The number of phenolic OH excluding ortho intramolecular Hbond substituents is 1. The summed E-state index contributed by atoms with van der Waals surface area (Å²) in [6.07, 6.45) is -0.439. The Morgan fingerprint density at radius 2 is 2.00 bits per heavy atom. The van der Waals surface area contributed by atoms with E-state index >= 15 is 0 Å². The van der Waals surface area contributed by atoms with Gasteiger partial charge >= 0.3 is 0 Å². The van der Waals surface area contributed by atoms with Gasteiger partial charge in [0.2, 0.25) is 5.91 Å². The maximum absolute atomic E-state index is 11.7. The van der Waals surface area contributed by atoms with Gasteiger partial charge in [-0.2, -0.15) is 11.3 Å². The summed E-state index contributed by atoms with van der Waals surface area (Å²) >= 11 is 1.51. The zero-order chi connectivity index (χ0) is 13.7. The molecule has 0 saturated carbocycles. The zero-order valence-corrected chi connectivity index (χ0v) is 11.1. The fraction of sp³-hybridized carbons (Fsp3) is 0.214. The molecule has 19 heavy (non-hydrogen) atoms. The quantitative estimate of drug-likeness (QED) is 0.781. The number of aliphatic hydroxyl groups excluding tert-OH is 1. The molecule has 2 rings (SSSR count). The van der Waals surface area contributed by atoms with Crippen molar-refractivity contribution in [3.05, 3.63) is 52.2 Å². The molecule has 1 atom stereocenters. The summed E-state index contributed by atoms with van der Waals surface area (Å²) in [5.74, 6) is 0.0250. The molecule has 5 heteroatoms. The number of hydrogen-bond acceptors (Lipinski definition) is 4. The van der Waals surface area contributed by atoms with Crippen LogP contribution in [-0.4, -0.2) is 22.7 Å². The lowest BCUT2D eigenvalue weighted by Gasteiger charge is -2.10. The van der Waals surface area contributed by atoms with Crippen LogP contribution in [0.25, 0.3) is 0 Å². The van der Waals surface area contributed by atoms with Crippen molar-refractivity contribution in [3.8, 4) is 5.75 Å². The zero-order valence-electron chi connectivity index (χ0n) is 10.2. The molecule has 2 aromatic rings. The lowest BCUT2D eigenvalue weighted by atomic mass is 10.1. The molecule has 1 heterocycles. The van der Waals surface area contributed by atoms with E-state index < -0.39 is 6.10 Å². The van der Waals surface area contributed by atoms with Gasteiger partial charge in [-0.25, -0.2) is 0 Å². The highest BCUT2D eigenvalue weighted by atomic mass is 32.1. The van der Waals surface area contributed by atoms with Crippen molar-refractivity contribution in [2.24, 2.45) is 0 Å². The first-order valence-electron chi connectivity index (χ1n) is 5.90. The Balaban J connectivity index is 1.80. The van der Waals surface area contributed by atoms with Gasteiger partial charge in [-0.1, -0.05) is 12.1 Å². The molecule has 1 aromatic carbocycles. The molecule has 0 aliphatic heterocycles. The van der Waals surface area contributed by atoms with E-state index in [9.17, 15) is 9.90 Å². The number of carbonyl (C=O) groups is 1. The van der Waals surface area contributed by atoms with E-state index in [1.807, 2.05) is 16.8 Å². The largest absolute Gasteiger partial charge is 0.508 e. The standard InChI is InChI=1S/C14H15NO3S/c16-12-3-1-10(2-4-12)7-14(18)15-8-13(17)11-5-6-19-9-11/h1-6,9,13,16-17H,7-8H2,(H,15,18). The van der Waals surface area contributed by atoms with E-state index in [2.05, 4.69) is 5.32 Å². The van der Waals surface area contributed by atoms with Crippen molar-refractivity contribution in [1.82, 2.24) is 5.32 Å². The topological polar surface area (TPSA) is 69.6 Å². The van der Waals surface area contributed by atoms with Gasteiger partial charge < -0.3 is 15.5 Å². The second kappa shape index (κ2) is 6.36. The van der Waals surface area contributed by atoms with Crippen LogP contribution in [0.3, 0.4) is 0 Å². The predicted octanol–water partition coefficient (Wildman–Crippen LogP) is 1.85.